The number of benzene rings is 1. The van der Waals surface area contributed by atoms with Gasteiger partial charge in [-0.05, 0) is 23.1 Å². The van der Waals surface area contributed by atoms with Gasteiger partial charge in [-0.2, -0.15) is 0 Å². The van der Waals surface area contributed by atoms with Gasteiger partial charge in [-0.25, -0.2) is 0 Å². The molecular weight excluding hydrogens is 250 g/mol. The molecule has 0 amide bonds. The molecule has 1 heterocycles. The smallest absolute Gasteiger partial charge is 0.103 e. The monoisotopic (exact) mass is 263 g/mol. The molecule has 0 unspecified atom stereocenters. The maximum absolute atomic E-state index is 5.63. The fraction of sp³-hybridized carbons (Fsp3) is 0.154. The standard InChI is InChI=1S/C13H13NOS2/c14-13(16)11-4-1-3-10(7-11)8-15-9-12-5-2-6-17-12/h1-7H,8-9H2,(H2,14,16). The highest BCUT2D eigenvalue weighted by Crippen LogP contribution is 2.12. The highest BCUT2D eigenvalue weighted by molar-refractivity contribution is 7.80. The molecule has 0 radical (unpaired) electrons. The van der Waals surface area contributed by atoms with E-state index in [-0.39, 0.29) is 0 Å². The summed E-state index contributed by atoms with van der Waals surface area (Å²) in [6, 6.07) is 11.9. The second-order valence-corrected chi connectivity index (χ2v) is 5.11. The van der Waals surface area contributed by atoms with Crippen LogP contribution in [0.25, 0.3) is 0 Å². The average Bonchev–Trinajstić information content (AvgIpc) is 2.82. The lowest BCUT2D eigenvalue weighted by atomic mass is 10.1. The van der Waals surface area contributed by atoms with Crippen LogP contribution in [0.3, 0.4) is 0 Å². The van der Waals surface area contributed by atoms with Gasteiger partial charge in [0.25, 0.3) is 0 Å². The molecule has 0 aliphatic carbocycles. The van der Waals surface area contributed by atoms with Gasteiger partial charge in [0.1, 0.15) is 4.99 Å². The molecule has 0 aliphatic rings. The molecule has 2 aromatic rings. The van der Waals surface area contributed by atoms with E-state index in [4.69, 9.17) is 22.7 Å². The van der Waals surface area contributed by atoms with Crippen molar-refractivity contribution in [2.75, 3.05) is 0 Å². The van der Waals surface area contributed by atoms with E-state index in [1.54, 1.807) is 11.3 Å². The summed E-state index contributed by atoms with van der Waals surface area (Å²) in [5.74, 6) is 0. The zero-order chi connectivity index (χ0) is 12.1. The summed E-state index contributed by atoms with van der Waals surface area (Å²) in [6.07, 6.45) is 0. The zero-order valence-electron chi connectivity index (χ0n) is 9.26. The Morgan fingerprint density at radius 2 is 2.12 bits per heavy atom. The van der Waals surface area contributed by atoms with Crippen LogP contribution >= 0.6 is 23.6 Å². The van der Waals surface area contributed by atoms with Crippen molar-refractivity contribution in [3.05, 3.63) is 57.8 Å². The Kier molecular flexibility index (Phi) is 4.25. The lowest BCUT2D eigenvalue weighted by molar-refractivity contribution is 0.109. The van der Waals surface area contributed by atoms with Crippen molar-refractivity contribution >= 4 is 28.5 Å². The van der Waals surface area contributed by atoms with Crippen LogP contribution in [0.2, 0.25) is 0 Å². The fourth-order valence-electron chi connectivity index (χ4n) is 1.48. The third kappa shape index (κ3) is 3.63. The summed E-state index contributed by atoms with van der Waals surface area (Å²) in [4.78, 5) is 1.65. The normalized spacial score (nSPS) is 10.4. The lowest BCUT2D eigenvalue weighted by Crippen LogP contribution is -2.09. The van der Waals surface area contributed by atoms with Crippen LogP contribution in [-0.4, -0.2) is 4.99 Å². The Hall–Kier alpha value is -1.23. The Morgan fingerprint density at radius 3 is 2.82 bits per heavy atom. The van der Waals surface area contributed by atoms with Gasteiger partial charge in [-0.3, -0.25) is 0 Å². The van der Waals surface area contributed by atoms with Crippen molar-refractivity contribution in [2.24, 2.45) is 5.73 Å². The number of thiocarbonyl (C=S) groups is 1. The minimum Gasteiger partial charge on any atom is -0.389 e. The predicted molar refractivity (Wildman–Crippen MR) is 75.1 cm³/mol. The Morgan fingerprint density at radius 1 is 1.24 bits per heavy atom. The summed E-state index contributed by atoms with van der Waals surface area (Å²) in [6.45, 7) is 1.23. The summed E-state index contributed by atoms with van der Waals surface area (Å²) >= 11 is 6.64. The molecule has 88 valence electrons. The molecule has 0 saturated carbocycles. The molecule has 1 aromatic carbocycles. The first-order valence-electron chi connectivity index (χ1n) is 5.24. The summed E-state index contributed by atoms with van der Waals surface area (Å²) < 4.78 is 5.63. The number of ether oxygens (including phenoxy) is 1. The number of nitrogens with two attached hydrogens (primary N) is 1. The zero-order valence-corrected chi connectivity index (χ0v) is 10.9. The Balaban J connectivity index is 1.90. The van der Waals surface area contributed by atoms with Gasteiger partial charge in [-0.1, -0.05) is 36.5 Å². The predicted octanol–water partition coefficient (Wildman–Crippen LogP) is 3.10. The van der Waals surface area contributed by atoms with E-state index in [0.717, 1.165) is 11.1 Å². The average molecular weight is 263 g/mol. The lowest BCUT2D eigenvalue weighted by Gasteiger charge is -2.05. The van der Waals surface area contributed by atoms with Crippen molar-refractivity contribution in [3.63, 3.8) is 0 Å². The van der Waals surface area contributed by atoms with Crippen molar-refractivity contribution < 1.29 is 4.74 Å². The van der Waals surface area contributed by atoms with Crippen LogP contribution in [0.15, 0.2) is 41.8 Å². The van der Waals surface area contributed by atoms with Crippen molar-refractivity contribution in [1.29, 1.82) is 0 Å². The molecule has 1 aromatic heterocycles. The molecule has 0 fully saturated rings. The second kappa shape index (κ2) is 5.91. The quantitative estimate of drug-likeness (QED) is 0.842. The molecular formula is C13H13NOS2. The second-order valence-electron chi connectivity index (χ2n) is 3.64. The molecule has 0 spiro atoms. The van der Waals surface area contributed by atoms with Crippen LogP contribution in [0.1, 0.15) is 16.0 Å². The molecule has 0 aliphatic heterocycles. The number of hydrogen-bond acceptors (Lipinski definition) is 3. The van der Waals surface area contributed by atoms with E-state index in [2.05, 4.69) is 6.07 Å². The number of rotatable bonds is 5. The highest BCUT2D eigenvalue weighted by atomic mass is 32.1. The van der Waals surface area contributed by atoms with Gasteiger partial charge in [-0.15, -0.1) is 11.3 Å². The number of thiophene rings is 1. The summed E-state index contributed by atoms with van der Waals surface area (Å²) in [5, 5.41) is 2.05. The van der Waals surface area contributed by atoms with Crippen LogP contribution in [0.5, 0.6) is 0 Å². The Labute approximate surface area is 110 Å². The maximum Gasteiger partial charge on any atom is 0.103 e. The minimum atomic E-state index is 0.421. The van der Waals surface area contributed by atoms with Gasteiger partial charge in [0, 0.05) is 10.4 Å². The largest absolute Gasteiger partial charge is 0.389 e. The first-order valence-corrected chi connectivity index (χ1v) is 6.53. The maximum atomic E-state index is 5.63. The van der Waals surface area contributed by atoms with Gasteiger partial charge in [0.05, 0.1) is 13.2 Å². The third-order valence-corrected chi connectivity index (χ3v) is 3.39. The van der Waals surface area contributed by atoms with Crippen LogP contribution in [0, 0.1) is 0 Å². The molecule has 2 rings (SSSR count). The fourth-order valence-corrected chi connectivity index (χ4v) is 2.25. The first-order chi connectivity index (χ1) is 8.25. The molecule has 0 bridgehead atoms. The van der Waals surface area contributed by atoms with Crippen LogP contribution in [0.4, 0.5) is 0 Å². The third-order valence-electron chi connectivity index (χ3n) is 2.30. The minimum absolute atomic E-state index is 0.421. The van der Waals surface area contributed by atoms with E-state index in [1.807, 2.05) is 35.7 Å². The molecule has 0 atom stereocenters. The van der Waals surface area contributed by atoms with Gasteiger partial charge < -0.3 is 10.5 Å². The molecule has 0 saturated heterocycles. The van der Waals surface area contributed by atoms with Crippen LogP contribution < -0.4 is 5.73 Å². The topological polar surface area (TPSA) is 35.2 Å². The van der Waals surface area contributed by atoms with Gasteiger partial charge in [0.15, 0.2) is 0 Å². The highest BCUT2D eigenvalue weighted by Gasteiger charge is 1.99. The van der Waals surface area contributed by atoms with E-state index in [9.17, 15) is 0 Å². The Bertz CT molecular complexity index is 494. The van der Waals surface area contributed by atoms with E-state index in [1.165, 1.54) is 4.88 Å². The van der Waals surface area contributed by atoms with Crippen molar-refractivity contribution in [1.82, 2.24) is 0 Å². The van der Waals surface area contributed by atoms with Crippen molar-refractivity contribution in [3.8, 4) is 0 Å². The van der Waals surface area contributed by atoms with Gasteiger partial charge in [0.2, 0.25) is 0 Å². The molecule has 17 heavy (non-hydrogen) atoms. The SMILES string of the molecule is NC(=S)c1cccc(COCc2cccs2)c1. The molecule has 4 heteroatoms. The number of hydrogen-bond donors (Lipinski definition) is 1. The summed E-state index contributed by atoms with van der Waals surface area (Å²) in [7, 11) is 0. The van der Waals surface area contributed by atoms with E-state index < -0.39 is 0 Å². The van der Waals surface area contributed by atoms with E-state index >= 15 is 0 Å². The van der Waals surface area contributed by atoms with E-state index in [0.29, 0.717) is 18.2 Å². The summed E-state index contributed by atoms with van der Waals surface area (Å²) in [5.41, 5.74) is 7.56. The van der Waals surface area contributed by atoms with Gasteiger partial charge >= 0.3 is 0 Å². The molecule has 2 nitrogen and oxygen atoms in total. The van der Waals surface area contributed by atoms with Crippen molar-refractivity contribution in [2.45, 2.75) is 13.2 Å². The molecule has 2 N–H and O–H groups in total. The van der Waals surface area contributed by atoms with Crippen LogP contribution in [-0.2, 0) is 18.0 Å². The first kappa shape index (κ1) is 12.2.